The van der Waals surface area contributed by atoms with E-state index < -0.39 is 11.2 Å². The molecule has 0 aliphatic carbocycles. The van der Waals surface area contributed by atoms with Crippen LogP contribution in [0.5, 0.6) is 11.5 Å². The van der Waals surface area contributed by atoms with Crippen molar-refractivity contribution in [2.24, 2.45) is 0 Å². The van der Waals surface area contributed by atoms with Crippen LogP contribution in [0.1, 0.15) is 30.6 Å². The highest BCUT2D eigenvalue weighted by Gasteiger charge is 2.26. The lowest BCUT2D eigenvalue weighted by Crippen LogP contribution is -2.24. The lowest BCUT2D eigenvalue weighted by Gasteiger charge is -2.13. The highest BCUT2D eigenvalue weighted by atomic mass is 32.2. The number of esters is 1. The molecule has 0 aromatic heterocycles. The van der Waals surface area contributed by atoms with Gasteiger partial charge in [-0.05, 0) is 43.3 Å². The predicted molar refractivity (Wildman–Crippen MR) is 101 cm³/mol. The van der Waals surface area contributed by atoms with Gasteiger partial charge >= 0.3 is 5.97 Å². The number of carbonyl (C=O) groups is 3. The Hall–Kier alpha value is -2.60. The number of thioether (sulfide) groups is 1. The molecule has 0 N–H and O–H groups in total. The molecule has 0 amide bonds. The van der Waals surface area contributed by atoms with Crippen LogP contribution in [0.2, 0.25) is 0 Å². The van der Waals surface area contributed by atoms with Crippen molar-refractivity contribution in [2.75, 3.05) is 6.61 Å². The normalized spacial score (nSPS) is 11.5. The Morgan fingerprint density at radius 2 is 1.58 bits per heavy atom. The number of para-hydroxylation sites is 1. The minimum atomic E-state index is -0.833. The van der Waals surface area contributed by atoms with Gasteiger partial charge in [0.05, 0.1) is 6.61 Å². The second-order valence-corrected chi connectivity index (χ2v) is 6.80. The Balaban J connectivity index is 2.03. The van der Waals surface area contributed by atoms with Crippen LogP contribution < -0.4 is 4.74 Å². The summed E-state index contributed by atoms with van der Waals surface area (Å²) in [5.74, 6) is 0.521. The standard InChI is InChI=1S/C20H20O5S/c1-3-24-20(23)19(26-14(2)21)13-18(22)15-9-11-17(12-10-15)25-16-7-5-4-6-8-16/h4-12,19H,3,13H2,1-2H3. The molecule has 2 rings (SSSR count). The van der Waals surface area contributed by atoms with Crippen molar-refractivity contribution in [1.82, 2.24) is 0 Å². The van der Waals surface area contributed by atoms with Gasteiger partial charge in [-0.2, -0.15) is 0 Å². The molecule has 1 unspecified atom stereocenters. The van der Waals surface area contributed by atoms with Crippen molar-refractivity contribution < 1.29 is 23.9 Å². The zero-order chi connectivity index (χ0) is 18.9. The molecule has 0 heterocycles. The lowest BCUT2D eigenvalue weighted by atomic mass is 10.1. The van der Waals surface area contributed by atoms with E-state index in [1.807, 2.05) is 30.3 Å². The summed E-state index contributed by atoms with van der Waals surface area (Å²) < 4.78 is 10.6. The molecule has 6 heteroatoms. The van der Waals surface area contributed by atoms with Crippen LogP contribution in [-0.2, 0) is 14.3 Å². The van der Waals surface area contributed by atoms with Crippen LogP contribution in [-0.4, -0.2) is 28.7 Å². The van der Waals surface area contributed by atoms with E-state index in [0.717, 1.165) is 11.8 Å². The molecule has 2 aromatic rings. The molecule has 0 aliphatic rings. The van der Waals surface area contributed by atoms with Crippen LogP contribution >= 0.6 is 11.8 Å². The van der Waals surface area contributed by atoms with Gasteiger partial charge in [-0.15, -0.1) is 0 Å². The summed E-state index contributed by atoms with van der Waals surface area (Å²) in [6, 6.07) is 16.0. The van der Waals surface area contributed by atoms with Gasteiger partial charge in [0.25, 0.3) is 0 Å². The summed E-state index contributed by atoms with van der Waals surface area (Å²) in [6.07, 6.45) is -0.0953. The Kier molecular flexibility index (Phi) is 7.41. The average Bonchev–Trinajstić information content (AvgIpc) is 2.62. The second-order valence-electron chi connectivity index (χ2n) is 5.42. The molecule has 0 aliphatic heterocycles. The molecule has 0 radical (unpaired) electrons. The third kappa shape index (κ3) is 6.04. The zero-order valence-electron chi connectivity index (χ0n) is 14.6. The van der Waals surface area contributed by atoms with E-state index in [-0.39, 0.29) is 23.9 Å². The summed E-state index contributed by atoms with van der Waals surface area (Å²) >= 11 is 0.817. The summed E-state index contributed by atoms with van der Waals surface area (Å²) in [5.41, 5.74) is 0.448. The largest absolute Gasteiger partial charge is 0.465 e. The van der Waals surface area contributed by atoms with Crippen LogP contribution in [0.4, 0.5) is 0 Å². The van der Waals surface area contributed by atoms with Crippen molar-refractivity contribution in [1.29, 1.82) is 0 Å². The van der Waals surface area contributed by atoms with Gasteiger partial charge in [0.15, 0.2) is 10.9 Å². The fourth-order valence-electron chi connectivity index (χ4n) is 2.23. The molecule has 0 spiro atoms. The first-order valence-corrected chi connectivity index (χ1v) is 9.07. The number of hydrogen-bond acceptors (Lipinski definition) is 6. The quantitative estimate of drug-likeness (QED) is 0.509. The maximum Gasteiger partial charge on any atom is 0.319 e. The monoisotopic (exact) mass is 372 g/mol. The van der Waals surface area contributed by atoms with E-state index in [1.54, 1.807) is 31.2 Å². The fourth-order valence-corrected chi connectivity index (χ4v) is 3.03. The summed E-state index contributed by atoms with van der Waals surface area (Å²) in [6.45, 7) is 3.24. The number of carbonyl (C=O) groups excluding carboxylic acids is 3. The van der Waals surface area contributed by atoms with Crippen molar-refractivity contribution in [3.63, 3.8) is 0 Å². The molecule has 26 heavy (non-hydrogen) atoms. The van der Waals surface area contributed by atoms with Crippen molar-refractivity contribution in [3.8, 4) is 11.5 Å². The topological polar surface area (TPSA) is 69.7 Å². The van der Waals surface area contributed by atoms with Gasteiger partial charge in [0, 0.05) is 18.9 Å². The van der Waals surface area contributed by atoms with Gasteiger partial charge in [-0.1, -0.05) is 30.0 Å². The summed E-state index contributed by atoms with van der Waals surface area (Å²) in [7, 11) is 0. The van der Waals surface area contributed by atoms with Crippen molar-refractivity contribution >= 4 is 28.6 Å². The average molecular weight is 372 g/mol. The molecule has 0 saturated carbocycles. The number of hydrogen-bond donors (Lipinski definition) is 0. The second kappa shape index (κ2) is 9.77. The fraction of sp³-hybridized carbons (Fsp3) is 0.250. The van der Waals surface area contributed by atoms with E-state index in [0.29, 0.717) is 17.1 Å². The first kappa shape index (κ1) is 19.7. The molecule has 0 fully saturated rings. The van der Waals surface area contributed by atoms with Gasteiger partial charge in [0.1, 0.15) is 16.7 Å². The van der Waals surface area contributed by atoms with E-state index in [9.17, 15) is 14.4 Å². The third-order valence-electron chi connectivity index (χ3n) is 3.38. The Morgan fingerprint density at radius 1 is 0.962 bits per heavy atom. The van der Waals surface area contributed by atoms with E-state index in [1.165, 1.54) is 6.92 Å². The molecule has 5 nitrogen and oxygen atoms in total. The maximum absolute atomic E-state index is 12.4. The number of rotatable bonds is 8. The molecule has 2 aromatic carbocycles. The number of Topliss-reactive ketones (excluding diaryl/α,β-unsaturated/α-hetero) is 1. The molecular weight excluding hydrogens is 352 g/mol. The van der Waals surface area contributed by atoms with Crippen LogP contribution in [0.15, 0.2) is 54.6 Å². The van der Waals surface area contributed by atoms with E-state index in [4.69, 9.17) is 9.47 Å². The smallest absolute Gasteiger partial charge is 0.319 e. The first-order valence-electron chi connectivity index (χ1n) is 8.19. The molecule has 0 bridgehead atoms. The molecule has 1 atom stereocenters. The minimum absolute atomic E-state index is 0.0953. The number of ketones is 1. The first-order chi connectivity index (χ1) is 12.5. The van der Waals surface area contributed by atoms with Crippen LogP contribution in [0, 0.1) is 0 Å². The Morgan fingerprint density at radius 3 is 2.15 bits per heavy atom. The summed E-state index contributed by atoms with van der Waals surface area (Å²) in [5, 5.41) is -1.07. The van der Waals surface area contributed by atoms with Crippen molar-refractivity contribution in [3.05, 3.63) is 60.2 Å². The maximum atomic E-state index is 12.4. The van der Waals surface area contributed by atoms with E-state index in [2.05, 4.69) is 0 Å². The Labute approximate surface area is 156 Å². The van der Waals surface area contributed by atoms with Gasteiger partial charge in [0.2, 0.25) is 0 Å². The number of benzene rings is 2. The number of ether oxygens (including phenoxy) is 2. The van der Waals surface area contributed by atoms with Gasteiger partial charge in [-0.25, -0.2) is 0 Å². The third-order valence-corrected chi connectivity index (χ3v) is 4.36. The molecule has 136 valence electrons. The summed E-state index contributed by atoms with van der Waals surface area (Å²) in [4.78, 5) is 35.7. The predicted octanol–water partition coefficient (Wildman–Crippen LogP) is 4.26. The zero-order valence-corrected chi connectivity index (χ0v) is 15.5. The Bertz CT molecular complexity index is 756. The molecular formula is C20H20O5S. The SMILES string of the molecule is CCOC(=O)C(CC(=O)c1ccc(Oc2ccccc2)cc1)SC(C)=O. The van der Waals surface area contributed by atoms with Gasteiger partial charge < -0.3 is 9.47 Å². The lowest BCUT2D eigenvalue weighted by molar-refractivity contribution is -0.142. The van der Waals surface area contributed by atoms with Crippen LogP contribution in [0.25, 0.3) is 0 Å². The van der Waals surface area contributed by atoms with Crippen LogP contribution in [0.3, 0.4) is 0 Å². The highest BCUT2D eigenvalue weighted by Crippen LogP contribution is 2.23. The minimum Gasteiger partial charge on any atom is -0.465 e. The van der Waals surface area contributed by atoms with E-state index >= 15 is 0 Å². The van der Waals surface area contributed by atoms with Crippen molar-refractivity contribution in [2.45, 2.75) is 25.5 Å². The highest BCUT2D eigenvalue weighted by molar-refractivity contribution is 8.14. The molecule has 0 saturated heterocycles. The van der Waals surface area contributed by atoms with Gasteiger partial charge in [-0.3, -0.25) is 14.4 Å².